The van der Waals surface area contributed by atoms with E-state index in [9.17, 15) is 4.79 Å². The van der Waals surface area contributed by atoms with Gasteiger partial charge in [0.25, 0.3) is 5.91 Å². The first-order valence-corrected chi connectivity index (χ1v) is 6.59. The second-order valence-electron chi connectivity index (χ2n) is 4.93. The summed E-state index contributed by atoms with van der Waals surface area (Å²) < 4.78 is 5.59. The normalized spacial score (nSPS) is 9.86. The smallest absolute Gasteiger partial charge is 0.257 e. The maximum atomic E-state index is 11.9. The van der Waals surface area contributed by atoms with Crippen molar-refractivity contribution in [2.24, 2.45) is 5.92 Å². The van der Waals surface area contributed by atoms with Crippen LogP contribution in [0.1, 0.15) is 24.2 Å². The largest absolute Gasteiger partial charge is 0.493 e. The van der Waals surface area contributed by atoms with E-state index >= 15 is 0 Å². The quantitative estimate of drug-likeness (QED) is 0.914. The summed E-state index contributed by atoms with van der Waals surface area (Å²) >= 11 is 0. The summed E-state index contributed by atoms with van der Waals surface area (Å²) in [6, 6.07) is 10.8. The van der Waals surface area contributed by atoms with Gasteiger partial charge < -0.3 is 10.1 Å². The SMILES string of the molecule is CC(C)COc1ccc(NC(=O)c2cccnc2)cc1.Cl. The van der Waals surface area contributed by atoms with Gasteiger partial charge in [-0.15, -0.1) is 12.4 Å². The van der Waals surface area contributed by atoms with Gasteiger partial charge in [-0.3, -0.25) is 9.78 Å². The number of nitrogens with one attached hydrogen (secondary N) is 1. The van der Waals surface area contributed by atoms with Crippen molar-refractivity contribution in [2.45, 2.75) is 13.8 Å². The fourth-order valence-electron chi connectivity index (χ4n) is 1.60. The molecule has 1 aromatic heterocycles. The average Bonchev–Trinajstić information content (AvgIpc) is 2.47. The Morgan fingerprint density at radius 2 is 1.95 bits per heavy atom. The number of rotatable bonds is 5. The number of aromatic nitrogens is 1. The number of nitrogens with zero attached hydrogens (tertiary/aromatic N) is 1. The van der Waals surface area contributed by atoms with Gasteiger partial charge in [0, 0.05) is 18.1 Å². The average molecular weight is 307 g/mol. The summed E-state index contributed by atoms with van der Waals surface area (Å²) in [5, 5.41) is 2.82. The van der Waals surface area contributed by atoms with Crippen LogP contribution in [-0.4, -0.2) is 17.5 Å². The highest BCUT2D eigenvalue weighted by atomic mass is 35.5. The van der Waals surface area contributed by atoms with Crippen LogP contribution in [0, 0.1) is 5.92 Å². The monoisotopic (exact) mass is 306 g/mol. The summed E-state index contributed by atoms with van der Waals surface area (Å²) in [4.78, 5) is 15.9. The van der Waals surface area contributed by atoms with Crippen molar-refractivity contribution in [3.63, 3.8) is 0 Å². The van der Waals surface area contributed by atoms with Crippen LogP contribution in [-0.2, 0) is 0 Å². The maximum Gasteiger partial charge on any atom is 0.257 e. The molecule has 1 amide bonds. The molecule has 0 aliphatic heterocycles. The van der Waals surface area contributed by atoms with Crippen LogP contribution >= 0.6 is 12.4 Å². The van der Waals surface area contributed by atoms with Gasteiger partial charge in [0.1, 0.15) is 5.75 Å². The van der Waals surface area contributed by atoms with Crippen LogP contribution in [0.25, 0.3) is 0 Å². The maximum absolute atomic E-state index is 11.9. The highest BCUT2D eigenvalue weighted by molar-refractivity contribution is 6.04. The number of ether oxygens (including phenoxy) is 1. The van der Waals surface area contributed by atoms with E-state index in [1.807, 2.05) is 24.3 Å². The Kier molecular flexibility index (Phi) is 6.69. The van der Waals surface area contributed by atoms with Crippen LogP contribution in [0.3, 0.4) is 0 Å². The highest BCUT2D eigenvalue weighted by Crippen LogP contribution is 2.17. The Bertz CT molecular complexity index is 556. The summed E-state index contributed by atoms with van der Waals surface area (Å²) in [5.41, 5.74) is 1.27. The predicted octanol–water partition coefficient (Wildman–Crippen LogP) is 3.79. The molecule has 1 N–H and O–H groups in total. The number of halogens is 1. The molecule has 0 atom stereocenters. The van der Waals surface area contributed by atoms with Crippen molar-refractivity contribution in [1.29, 1.82) is 0 Å². The van der Waals surface area contributed by atoms with Crippen LogP contribution in [0.5, 0.6) is 5.75 Å². The minimum Gasteiger partial charge on any atom is -0.493 e. The van der Waals surface area contributed by atoms with Crippen LogP contribution in [0.15, 0.2) is 48.8 Å². The first-order valence-electron chi connectivity index (χ1n) is 6.59. The molecule has 0 fully saturated rings. The van der Waals surface area contributed by atoms with Gasteiger partial charge in [-0.25, -0.2) is 0 Å². The fourth-order valence-corrected chi connectivity index (χ4v) is 1.60. The van der Waals surface area contributed by atoms with E-state index in [1.165, 1.54) is 6.20 Å². The molecule has 2 aromatic rings. The number of benzene rings is 1. The summed E-state index contributed by atoms with van der Waals surface area (Å²) in [6.45, 7) is 4.88. The number of hydrogen-bond donors (Lipinski definition) is 1. The van der Waals surface area contributed by atoms with Crippen molar-refractivity contribution in [1.82, 2.24) is 4.98 Å². The molecule has 0 saturated heterocycles. The lowest BCUT2D eigenvalue weighted by atomic mass is 10.2. The van der Waals surface area contributed by atoms with Crippen LogP contribution in [0.4, 0.5) is 5.69 Å². The zero-order valence-electron chi connectivity index (χ0n) is 12.1. The van der Waals surface area contributed by atoms with Crippen molar-refractivity contribution >= 4 is 24.0 Å². The molecule has 4 nitrogen and oxygen atoms in total. The highest BCUT2D eigenvalue weighted by Gasteiger charge is 2.05. The van der Waals surface area contributed by atoms with E-state index in [-0.39, 0.29) is 18.3 Å². The van der Waals surface area contributed by atoms with Gasteiger partial charge >= 0.3 is 0 Å². The minimum absolute atomic E-state index is 0. The molecule has 0 aliphatic carbocycles. The van der Waals surface area contributed by atoms with E-state index in [0.717, 1.165) is 11.4 Å². The molecular formula is C16H19ClN2O2. The van der Waals surface area contributed by atoms with E-state index in [2.05, 4.69) is 24.1 Å². The van der Waals surface area contributed by atoms with E-state index in [0.29, 0.717) is 18.1 Å². The number of amides is 1. The van der Waals surface area contributed by atoms with Crippen molar-refractivity contribution in [3.8, 4) is 5.75 Å². The van der Waals surface area contributed by atoms with E-state index < -0.39 is 0 Å². The molecule has 0 saturated carbocycles. The second kappa shape index (κ2) is 8.27. The third kappa shape index (κ3) is 5.44. The first-order chi connectivity index (χ1) is 9.65. The Morgan fingerprint density at radius 1 is 1.24 bits per heavy atom. The lowest BCUT2D eigenvalue weighted by Gasteiger charge is -2.09. The lowest BCUT2D eigenvalue weighted by Crippen LogP contribution is -2.12. The molecule has 1 aromatic carbocycles. The number of anilines is 1. The Balaban J connectivity index is 0.00000220. The minimum atomic E-state index is -0.172. The van der Waals surface area contributed by atoms with Gasteiger partial charge in [-0.1, -0.05) is 13.8 Å². The number of hydrogen-bond acceptors (Lipinski definition) is 3. The van der Waals surface area contributed by atoms with Gasteiger partial charge in [0.15, 0.2) is 0 Å². The molecule has 0 unspecified atom stereocenters. The van der Waals surface area contributed by atoms with Crippen molar-refractivity contribution in [2.75, 3.05) is 11.9 Å². The lowest BCUT2D eigenvalue weighted by molar-refractivity contribution is 0.102. The zero-order chi connectivity index (χ0) is 14.4. The summed E-state index contributed by atoms with van der Waals surface area (Å²) in [6.07, 6.45) is 3.17. The molecule has 21 heavy (non-hydrogen) atoms. The van der Waals surface area contributed by atoms with Gasteiger partial charge in [0.05, 0.1) is 12.2 Å². The number of carbonyl (C=O) groups excluding carboxylic acids is 1. The molecular weight excluding hydrogens is 288 g/mol. The summed E-state index contributed by atoms with van der Waals surface area (Å²) in [5.74, 6) is 1.12. The molecule has 1 heterocycles. The van der Waals surface area contributed by atoms with Gasteiger partial charge in [-0.2, -0.15) is 0 Å². The van der Waals surface area contributed by atoms with Crippen LogP contribution < -0.4 is 10.1 Å². The van der Waals surface area contributed by atoms with Crippen LogP contribution in [0.2, 0.25) is 0 Å². The molecule has 2 rings (SSSR count). The van der Waals surface area contributed by atoms with E-state index in [1.54, 1.807) is 18.3 Å². The second-order valence-corrected chi connectivity index (χ2v) is 4.93. The van der Waals surface area contributed by atoms with Gasteiger partial charge in [-0.05, 0) is 42.3 Å². The Morgan fingerprint density at radius 3 is 2.52 bits per heavy atom. The molecule has 0 aliphatic rings. The Hall–Kier alpha value is -2.07. The fraction of sp³-hybridized carbons (Fsp3) is 0.250. The molecule has 0 radical (unpaired) electrons. The molecule has 5 heteroatoms. The summed E-state index contributed by atoms with van der Waals surface area (Å²) in [7, 11) is 0. The van der Waals surface area contributed by atoms with Crippen molar-refractivity contribution < 1.29 is 9.53 Å². The van der Waals surface area contributed by atoms with Gasteiger partial charge in [0.2, 0.25) is 0 Å². The first kappa shape index (κ1) is 17.0. The Labute approximate surface area is 131 Å². The predicted molar refractivity (Wildman–Crippen MR) is 86.2 cm³/mol. The molecule has 112 valence electrons. The topological polar surface area (TPSA) is 51.2 Å². The third-order valence-electron chi connectivity index (χ3n) is 2.62. The number of carbonyl (C=O) groups is 1. The van der Waals surface area contributed by atoms with Crippen molar-refractivity contribution in [3.05, 3.63) is 54.4 Å². The third-order valence-corrected chi connectivity index (χ3v) is 2.62. The number of pyridine rings is 1. The molecule has 0 bridgehead atoms. The zero-order valence-corrected chi connectivity index (χ0v) is 12.9. The van der Waals surface area contributed by atoms with E-state index in [4.69, 9.17) is 4.74 Å². The standard InChI is InChI=1S/C16H18N2O2.ClH/c1-12(2)11-20-15-7-5-14(6-8-15)18-16(19)13-4-3-9-17-10-13;/h3-10,12H,11H2,1-2H3,(H,18,19);1H. The molecule has 0 spiro atoms.